The number of hydrogen-bond acceptors (Lipinski definition) is 3. The Kier molecular flexibility index (Phi) is 2.57. The standard InChI is InChI=1S/C13H9NO2/c1-9(15)16-13-6-11-4-2-10(8-14)3-5-12(11)7-13/h2-7H,1H3. The zero-order valence-electron chi connectivity index (χ0n) is 8.73. The summed E-state index contributed by atoms with van der Waals surface area (Å²) in [6, 6.07) is 12.8. The van der Waals surface area contributed by atoms with Gasteiger partial charge in [0.25, 0.3) is 0 Å². The van der Waals surface area contributed by atoms with E-state index in [0.29, 0.717) is 11.3 Å². The van der Waals surface area contributed by atoms with E-state index in [1.807, 2.05) is 12.1 Å². The van der Waals surface area contributed by atoms with E-state index in [1.165, 1.54) is 6.92 Å². The second-order valence-corrected chi connectivity index (χ2v) is 3.43. The molecule has 2 aliphatic carbocycles. The van der Waals surface area contributed by atoms with Crippen molar-refractivity contribution >= 4 is 5.97 Å². The fourth-order valence-electron chi connectivity index (χ4n) is 1.52. The second-order valence-electron chi connectivity index (χ2n) is 3.43. The van der Waals surface area contributed by atoms with Crippen LogP contribution in [-0.4, -0.2) is 5.97 Å². The van der Waals surface area contributed by atoms with Crippen molar-refractivity contribution in [2.24, 2.45) is 0 Å². The lowest BCUT2D eigenvalue weighted by Crippen LogP contribution is -1.99. The average Bonchev–Trinajstić information content (AvgIpc) is 2.50. The topological polar surface area (TPSA) is 50.1 Å². The number of nitrogens with zero attached hydrogens (tertiary/aromatic N) is 1. The Bertz CT molecular complexity index is 521. The van der Waals surface area contributed by atoms with Crippen LogP contribution in [0.15, 0.2) is 36.4 Å². The fourth-order valence-corrected chi connectivity index (χ4v) is 1.52. The van der Waals surface area contributed by atoms with Crippen molar-refractivity contribution in [1.29, 1.82) is 5.26 Å². The molecule has 0 unspecified atom stereocenters. The summed E-state index contributed by atoms with van der Waals surface area (Å²) in [4.78, 5) is 10.8. The van der Waals surface area contributed by atoms with Gasteiger partial charge in [0.2, 0.25) is 0 Å². The number of rotatable bonds is 1. The summed E-state index contributed by atoms with van der Waals surface area (Å²) >= 11 is 0. The van der Waals surface area contributed by atoms with Gasteiger partial charge in [-0.25, -0.2) is 0 Å². The first-order chi connectivity index (χ1) is 7.69. The maximum absolute atomic E-state index is 10.8. The van der Waals surface area contributed by atoms with Crippen molar-refractivity contribution in [2.45, 2.75) is 6.92 Å². The highest BCUT2D eigenvalue weighted by Gasteiger charge is 2.07. The lowest BCUT2D eigenvalue weighted by Gasteiger charge is -1.93. The zero-order chi connectivity index (χ0) is 11.5. The van der Waals surface area contributed by atoms with E-state index < -0.39 is 0 Å². The van der Waals surface area contributed by atoms with Gasteiger partial charge in [0, 0.05) is 6.92 Å². The molecule has 16 heavy (non-hydrogen) atoms. The van der Waals surface area contributed by atoms with Crippen molar-refractivity contribution in [3.63, 3.8) is 0 Å². The van der Waals surface area contributed by atoms with Gasteiger partial charge in [-0.2, -0.15) is 5.26 Å². The molecule has 2 rings (SSSR count). The van der Waals surface area contributed by atoms with Crippen molar-refractivity contribution in [2.75, 3.05) is 0 Å². The van der Waals surface area contributed by atoms with Gasteiger partial charge in [-0.15, -0.1) is 0 Å². The van der Waals surface area contributed by atoms with E-state index in [2.05, 4.69) is 6.07 Å². The third kappa shape index (κ3) is 2.01. The van der Waals surface area contributed by atoms with Gasteiger partial charge in [-0.05, 0) is 35.4 Å². The summed E-state index contributed by atoms with van der Waals surface area (Å²) in [5.41, 5.74) is 2.49. The molecule has 0 radical (unpaired) electrons. The lowest BCUT2D eigenvalue weighted by atomic mass is 10.2. The molecule has 0 aromatic carbocycles. The molecule has 0 heterocycles. The van der Waals surface area contributed by atoms with Gasteiger partial charge in [-0.1, -0.05) is 12.1 Å². The summed E-state index contributed by atoms with van der Waals surface area (Å²) in [6.45, 7) is 1.37. The quantitative estimate of drug-likeness (QED) is 0.681. The molecule has 0 spiro atoms. The maximum Gasteiger partial charge on any atom is 0.308 e. The highest BCUT2D eigenvalue weighted by Crippen LogP contribution is 2.30. The van der Waals surface area contributed by atoms with Gasteiger partial charge in [0.05, 0.1) is 11.6 Å². The predicted octanol–water partition coefficient (Wildman–Crippen LogP) is 2.59. The molecule has 0 aliphatic heterocycles. The molecule has 0 saturated carbocycles. The number of ether oxygens (including phenoxy) is 1. The predicted molar refractivity (Wildman–Crippen MR) is 59.1 cm³/mol. The van der Waals surface area contributed by atoms with Crippen molar-refractivity contribution in [1.82, 2.24) is 0 Å². The summed E-state index contributed by atoms with van der Waals surface area (Å²) < 4.78 is 4.98. The third-order valence-electron chi connectivity index (χ3n) is 2.20. The monoisotopic (exact) mass is 211 g/mol. The van der Waals surface area contributed by atoms with Crippen LogP contribution in [0.2, 0.25) is 0 Å². The Morgan fingerprint density at radius 1 is 1.19 bits per heavy atom. The van der Waals surface area contributed by atoms with Crippen LogP contribution in [0.1, 0.15) is 12.5 Å². The van der Waals surface area contributed by atoms with Crippen molar-refractivity contribution in [3.05, 3.63) is 42.0 Å². The Balaban J connectivity index is 2.45. The number of hydrogen-bond donors (Lipinski definition) is 0. The largest absolute Gasteiger partial charge is 0.427 e. The van der Waals surface area contributed by atoms with E-state index in [-0.39, 0.29) is 5.97 Å². The van der Waals surface area contributed by atoms with E-state index in [1.54, 1.807) is 24.3 Å². The minimum absolute atomic E-state index is 0.336. The van der Waals surface area contributed by atoms with Crippen LogP contribution in [-0.2, 0) is 4.79 Å². The SMILES string of the molecule is CC(=O)Oc1cc2ccc(C#N)ccc-2c1. The molecule has 2 aliphatic rings. The third-order valence-corrected chi connectivity index (χ3v) is 2.20. The molecule has 0 saturated heterocycles. The van der Waals surface area contributed by atoms with Gasteiger partial charge in [0.1, 0.15) is 5.75 Å². The molecular formula is C13H9NO2. The highest BCUT2D eigenvalue weighted by atomic mass is 16.5. The van der Waals surface area contributed by atoms with E-state index in [4.69, 9.17) is 10.00 Å². The number of carbonyl (C=O) groups excluding carboxylic acids is 1. The highest BCUT2D eigenvalue weighted by molar-refractivity contribution is 5.75. The summed E-state index contributed by atoms with van der Waals surface area (Å²) in [5, 5.41) is 8.75. The van der Waals surface area contributed by atoms with Crippen LogP contribution >= 0.6 is 0 Å². The normalized spacial score (nSPS) is 9.75. The minimum Gasteiger partial charge on any atom is -0.427 e. The maximum atomic E-state index is 10.8. The van der Waals surface area contributed by atoms with Crippen LogP contribution in [0.3, 0.4) is 0 Å². The molecule has 0 atom stereocenters. The number of esters is 1. The molecule has 3 nitrogen and oxygen atoms in total. The molecule has 0 fully saturated rings. The van der Waals surface area contributed by atoms with E-state index in [9.17, 15) is 4.79 Å². The van der Waals surface area contributed by atoms with Crippen LogP contribution in [0.5, 0.6) is 5.75 Å². The van der Waals surface area contributed by atoms with Crippen LogP contribution in [0, 0.1) is 11.3 Å². The first-order valence-electron chi connectivity index (χ1n) is 4.81. The second kappa shape index (κ2) is 4.03. The fraction of sp³-hybridized carbons (Fsp3) is 0.0769. The van der Waals surface area contributed by atoms with Gasteiger partial charge in [0.15, 0.2) is 0 Å². The Hall–Kier alpha value is -2.34. The molecule has 0 amide bonds. The van der Waals surface area contributed by atoms with Gasteiger partial charge >= 0.3 is 5.97 Å². The molecule has 3 heteroatoms. The zero-order valence-corrected chi connectivity index (χ0v) is 8.73. The molecular weight excluding hydrogens is 202 g/mol. The minimum atomic E-state index is -0.336. The van der Waals surface area contributed by atoms with Crippen molar-refractivity contribution < 1.29 is 9.53 Å². The molecule has 78 valence electrons. The summed E-state index contributed by atoms with van der Waals surface area (Å²) in [5.74, 6) is 0.199. The van der Waals surface area contributed by atoms with Gasteiger partial charge < -0.3 is 4.74 Å². The van der Waals surface area contributed by atoms with Crippen LogP contribution in [0.25, 0.3) is 11.1 Å². The number of carbonyl (C=O) groups is 1. The summed E-state index contributed by atoms with van der Waals surface area (Å²) in [7, 11) is 0. The summed E-state index contributed by atoms with van der Waals surface area (Å²) in [6.07, 6.45) is 0. The smallest absolute Gasteiger partial charge is 0.308 e. The van der Waals surface area contributed by atoms with E-state index >= 15 is 0 Å². The Labute approximate surface area is 93.2 Å². The van der Waals surface area contributed by atoms with Crippen LogP contribution in [0.4, 0.5) is 0 Å². The van der Waals surface area contributed by atoms with Crippen molar-refractivity contribution in [3.8, 4) is 22.9 Å². The Morgan fingerprint density at radius 2 is 1.75 bits per heavy atom. The first-order valence-corrected chi connectivity index (χ1v) is 4.81. The number of nitriles is 1. The average molecular weight is 211 g/mol. The first kappa shape index (κ1) is 10.2. The molecule has 0 aromatic heterocycles. The Morgan fingerprint density at radius 3 is 2.19 bits per heavy atom. The van der Waals surface area contributed by atoms with Gasteiger partial charge in [-0.3, -0.25) is 4.79 Å². The van der Waals surface area contributed by atoms with E-state index in [0.717, 1.165) is 11.1 Å². The number of fused-ring (bicyclic) bond motifs is 1. The van der Waals surface area contributed by atoms with Crippen LogP contribution < -0.4 is 4.74 Å². The lowest BCUT2D eigenvalue weighted by molar-refractivity contribution is -0.131. The molecule has 0 bridgehead atoms. The molecule has 0 aromatic rings. The molecule has 0 N–H and O–H groups in total.